The van der Waals surface area contributed by atoms with Crippen LogP contribution in [0.1, 0.15) is 21.5 Å². The fourth-order valence-corrected chi connectivity index (χ4v) is 2.23. The van der Waals surface area contributed by atoms with E-state index in [1.165, 1.54) is 0 Å². The third-order valence-corrected chi connectivity index (χ3v) is 3.49. The molecule has 23 heavy (non-hydrogen) atoms. The topological polar surface area (TPSA) is 46.5 Å². The van der Waals surface area contributed by atoms with Crippen molar-refractivity contribution in [3.05, 3.63) is 95.6 Å². The largest absolute Gasteiger partial charge is 0.457 e. The third-order valence-electron chi connectivity index (χ3n) is 3.49. The van der Waals surface area contributed by atoms with Gasteiger partial charge in [0.2, 0.25) is 0 Å². The van der Waals surface area contributed by atoms with Gasteiger partial charge in [0.1, 0.15) is 11.5 Å². The van der Waals surface area contributed by atoms with E-state index in [-0.39, 0.29) is 12.4 Å². The maximum absolute atomic E-state index is 12.4. The molecule has 3 heteroatoms. The third kappa shape index (κ3) is 3.65. The van der Waals surface area contributed by atoms with Gasteiger partial charge in [-0.15, -0.1) is 0 Å². The van der Waals surface area contributed by atoms with Crippen LogP contribution < -0.4 is 4.74 Å². The Morgan fingerprint density at radius 3 is 1.83 bits per heavy atom. The fraction of sp³-hybridized carbons (Fsp3) is 0.0500. The number of aliphatic hydroxyl groups excluding tert-OH is 1. The molecule has 114 valence electrons. The van der Waals surface area contributed by atoms with Crippen LogP contribution >= 0.6 is 0 Å². The summed E-state index contributed by atoms with van der Waals surface area (Å²) in [6.07, 6.45) is 0. The van der Waals surface area contributed by atoms with E-state index >= 15 is 0 Å². The van der Waals surface area contributed by atoms with Gasteiger partial charge in [0.15, 0.2) is 5.78 Å². The lowest BCUT2D eigenvalue weighted by Crippen LogP contribution is -2.01. The number of ether oxygens (including phenoxy) is 1. The number of carbonyl (C=O) groups is 1. The molecular formula is C20H16O3. The average molecular weight is 304 g/mol. The molecule has 1 N–H and O–H groups in total. The second-order valence-electron chi connectivity index (χ2n) is 5.12. The van der Waals surface area contributed by atoms with Crippen molar-refractivity contribution in [2.75, 3.05) is 0 Å². The Morgan fingerprint density at radius 2 is 1.26 bits per heavy atom. The first-order valence-corrected chi connectivity index (χ1v) is 7.34. The molecule has 0 amide bonds. The number of para-hydroxylation sites is 1. The number of aliphatic hydroxyl groups is 1. The molecule has 3 aromatic rings. The molecule has 0 radical (unpaired) electrons. The van der Waals surface area contributed by atoms with Gasteiger partial charge in [-0.1, -0.05) is 42.5 Å². The zero-order chi connectivity index (χ0) is 16.1. The first-order chi connectivity index (χ1) is 11.3. The summed E-state index contributed by atoms with van der Waals surface area (Å²) in [6, 6.07) is 23.5. The lowest BCUT2D eigenvalue weighted by Gasteiger charge is -2.07. The van der Waals surface area contributed by atoms with Crippen LogP contribution in [0.2, 0.25) is 0 Å². The van der Waals surface area contributed by atoms with Gasteiger partial charge in [0.25, 0.3) is 0 Å². The molecule has 0 unspecified atom stereocenters. The van der Waals surface area contributed by atoms with E-state index in [0.717, 1.165) is 11.3 Å². The zero-order valence-corrected chi connectivity index (χ0v) is 12.5. The van der Waals surface area contributed by atoms with E-state index in [2.05, 4.69) is 0 Å². The van der Waals surface area contributed by atoms with Crippen molar-refractivity contribution < 1.29 is 14.6 Å². The van der Waals surface area contributed by atoms with Crippen molar-refractivity contribution in [3.8, 4) is 11.5 Å². The van der Waals surface area contributed by atoms with Crippen LogP contribution in [0.4, 0.5) is 0 Å². The molecule has 0 atom stereocenters. The Hall–Kier alpha value is -2.91. The number of carbonyl (C=O) groups excluding carboxylic acids is 1. The monoisotopic (exact) mass is 304 g/mol. The molecule has 3 nitrogen and oxygen atoms in total. The summed E-state index contributed by atoms with van der Waals surface area (Å²) in [6.45, 7) is -0.0278. The predicted molar refractivity (Wildman–Crippen MR) is 88.8 cm³/mol. The normalized spacial score (nSPS) is 10.3. The first-order valence-electron chi connectivity index (χ1n) is 7.34. The fourth-order valence-electron chi connectivity index (χ4n) is 2.23. The number of hydrogen-bond acceptors (Lipinski definition) is 3. The molecule has 0 spiro atoms. The summed E-state index contributed by atoms with van der Waals surface area (Å²) in [5.74, 6) is 1.38. The second kappa shape index (κ2) is 6.90. The van der Waals surface area contributed by atoms with Crippen molar-refractivity contribution in [3.63, 3.8) is 0 Å². The number of ketones is 1. The van der Waals surface area contributed by atoms with Gasteiger partial charge in [-0.05, 0) is 42.0 Å². The van der Waals surface area contributed by atoms with Gasteiger partial charge < -0.3 is 9.84 Å². The quantitative estimate of drug-likeness (QED) is 0.718. The minimum atomic E-state index is -0.0549. The van der Waals surface area contributed by atoms with Crippen LogP contribution in [0.5, 0.6) is 11.5 Å². The highest BCUT2D eigenvalue weighted by Crippen LogP contribution is 2.22. The Kier molecular flexibility index (Phi) is 4.50. The van der Waals surface area contributed by atoms with E-state index in [1.807, 2.05) is 30.3 Å². The van der Waals surface area contributed by atoms with E-state index in [4.69, 9.17) is 9.84 Å². The lowest BCUT2D eigenvalue weighted by molar-refractivity contribution is 0.103. The van der Waals surface area contributed by atoms with Crippen LogP contribution in [0.15, 0.2) is 78.9 Å². The lowest BCUT2D eigenvalue weighted by atomic mass is 10.0. The smallest absolute Gasteiger partial charge is 0.193 e. The van der Waals surface area contributed by atoms with Crippen LogP contribution in [-0.2, 0) is 6.61 Å². The Labute approximate surface area is 134 Å². The van der Waals surface area contributed by atoms with Crippen LogP contribution in [0.3, 0.4) is 0 Å². The highest BCUT2D eigenvalue weighted by atomic mass is 16.5. The molecule has 3 rings (SSSR count). The van der Waals surface area contributed by atoms with Crippen LogP contribution in [-0.4, -0.2) is 10.9 Å². The molecular weight excluding hydrogens is 288 g/mol. The molecule has 0 heterocycles. The summed E-state index contributed by atoms with van der Waals surface area (Å²) in [5, 5.41) is 9.04. The molecule has 0 saturated carbocycles. The van der Waals surface area contributed by atoms with Gasteiger partial charge in [0, 0.05) is 11.1 Å². The summed E-state index contributed by atoms with van der Waals surface area (Å²) in [5.41, 5.74) is 1.98. The maximum Gasteiger partial charge on any atom is 0.193 e. The van der Waals surface area contributed by atoms with Gasteiger partial charge in [0.05, 0.1) is 6.61 Å². The molecule has 0 aliphatic heterocycles. The average Bonchev–Trinajstić information content (AvgIpc) is 2.63. The molecule has 3 aromatic carbocycles. The van der Waals surface area contributed by atoms with Crippen LogP contribution in [0, 0.1) is 0 Å². The van der Waals surface area contributed by atoms with Crippen molar-refractivity contribution in [1.29, 1.82) is 0 Å². The Bertz CT molecular complexity index is 775. The Balaban J connectivity index is 1.74. The molecule has 0 bridgehead atoms. The number of benzene rings is 3. The summed E-state index contributed by atoms with van der Waals surface area (Å²) < 4.78 is 5.71. The van der Waals surface area contributed by atoms with Gasteiger partial charge in [-0.3, -0.25) is 4.79 Å². The number of rotatable bonds is 5. The second-order valence-corrected chi connectivity index (χ2v) is 5.12. The van der Waals surface area contributed by atoms with Gasteiger partial charge >= 0.3 is 0 Å². The Morgan fingerprint density at radius 1 is 0.739 bits per heavy atom. The molecule has 0 aliphatic rings. The standard InChI is InChI=1S/C20H16O3/c21-14-15-6-8-16(9-7-15)20(22)17-10-12-19(13-11-17)23-18-4-2-1-3-5-18/h1-13,21H,14H2. The maximum atomic E-state index is 12.4. The minimum absolute atomic E-state index is 0.0278. The minimum Gasteiger partial charge on any atom is -0.457 e. The van der Waals surface area contributed by atoms with Crippen molar-refractivity contribution in [1.82, 2.24) is 0 Å². The molecule has 0 aromatic heterocycles. The predicted octanol–water partition coefficient (Wildman–Crippen LogP) is 4.20. The molecule has 0 fully saturated rings. The molecule has 0 saturated heterocycles. The van der Waals surface area contributed by atoms with E-state index < -0.39 is 0 Å². The van der Waals surface area contributed by atoms with Gasteiger partial charge in [-0.2, -0.15) is 0 Å². The van der Waals surface area contributed by atoms with Crippen molar-refractivity contribution in [2.24, 2.45) is 0 Å². The van der Waals surface area contributed by atoms with Crippen molar-refractivity contribution >= 4 is 5.78 Å². The SMILES string of the molecule is O=C(c1ccc(CO)cc1)c1ccc(Oc2ccccc2)cc1. The summed E-state index contributed by atoms with van der Waals surface area (Å²) in [4.78, 5) is 12.4. The molecule has 0 aliphatic carbocycles. The van der Waals surface area contributed by atoms with Gasteiger partial charge in [-0.25, -0.2) is 0 Å². The van der Waals surface area contributed by atoms with E-state index in [0.29, 0.717) is 16.9 Å². The van der Waals surface area contributed by atoms with Crippen molar-refractivity contribution in [2.45, 2.75) is 6.61 Å². The highest BCUT2D eigenvalue weighted by molar-refractivity contribution is 6.09. The number of hydrogen-bond donors (Lipinski definition) is 1. The van der Waals surface area contributed by atoms with E-state index in [1.54, 1.807) is 48.5 Å². The highest BCUT2D eigenvalue weighted by Gasteiger charge is 2.09. The van der Waals surface area contributed by atoms with Crippen LogP contribution in [0.25, 0.3) is 0 Å². The summed E-state index contributed by atoms with van der Waals surface area (Å²) in [7, 11) is 0. The van der Waals surface area contributed by atoms with E-state index in [9.17, 15) is 4.79 Å². The first kappa shape index (κ1) is 15.0. The zero-order valence-electron chi connectivity index (χ0n) is 12.5. The summed E-state index contributed by atoms with van der Waals surface area (Å²) >= 11 is 0.